The molecule has 0 radical (unpaired) electrons. The normalized spacial score (nSPS) is 15.7. The Hall–Kier alpha value is -1.85. The maximum Gasteiger partial charge on any atom is 0.264 e. The Morgan fingerprint density at radius 1 is 1.00 bits per heavy atom. The quantitative estimate of drug-likeness (QED) is 0.886. The van der Waals surface area contributed by atoms with E-state index in [-0.39, 0.29) is 6.61 Å². The second-order valence-corrected chi connectivity index (χ2v) is 7.16. The van der Waals surface area contributed by atoms with Gasteiger partial charge in [0.25, 0.3) is 10.1 Å². The molecular formula is C16H17NO3S. The van der Waals surface area contributed by atoms with Gasteiger partial charge in [-0.3, -0.25) is 4.18 Å². The van der Waals surface area contributed by atoms with Gasteiger partial charge in [0.1, 0.15) is 0 Å². The number of fused-ring (bicyclic) bond motifs is 2. The summed E-state index contributed by atoms with van der Waals surface area (Å²) >= 11 is 0. The Bertz CT molecular complexity index is 738. The molecule has 1 aliphatic heterocycles. The smallest absolute Gasteiger partial charge is 0.264 e. The largest absolute Gasteiger partial charge is 0.355 e. The molecule has 4 nitrogen and oxygen atoms in total. The van der Waals surface area contributed by atoms with Crippen LogP contribution in [0.4, 0.5) is 11.4 Å². The molecule has 0 atom stereocenters. The Morgan fingerprint density at radius 3 is 1.95 bits per heavy atom. The van der Waals surface area contributed by atoms with Crippen LogP contribution in [0.1, 0.15) is 18.1 Å². The molecule has 1 aliphatic rings. The molecule has 0 unspecified atom stereocenters. The molecule has 0 spiro atoms. The van der Waals surface area contributed by atoms with Gasteiger partial charge in [-0.25, -0.2) is 0 Å². The monoisotopic (exact) mass is 303 g/mol. The average Bonchev–Trinajstić information content (AvgIpc) is 2.45. The van der Waals surface area contributed by atoms with Gasteiger partial charge >= 0.3 is 0 Å². The third-order valence-corrected chi connectivity index (χ3v) is 4.42. The first-order valence-electron chi connectivity index (χ1n) is 6.71. The molecule has 0 saturated heterocycles. The zero-order valence-electron chi connectivity index (χ0n) is 12.0. The molecule has 2 aromatic carbocycles. The first-order valence-corrected chi connectivity index (χ1v) is 8.52. The van der Waals surface area contributed by atoms with Crippen molar-refractivity contribution in [1.82, 2.24) is 0 Å². The predicted octanol–water partition coefficient (Wildman–Crippen LogP) is 3.03. The highest BCUT2D eigenvalue weighted by Crippen LogP contribution is 2.45. The van der Waals surface area contributed by atoms with Crippen molar-refractivity contribution in [3.63, 3.8) is 0 Å². The van der Waals surface area contributed by atoms with E-state index >= 15 is 0 Å². The summed E-state index contributed by atoms with van der Waals surface area (Å²) in [5.74, 6) is 0. The zero-order valence-corrected chi connectivity index (χ0v) is 12.8. The van der Waals surface area contributed by atoms with E-state index in [1.165, 1.54) is 0 Å². The fourth-order valence-corrected chi connectivity index (χ4v) is 3.27. The standard InChI is InChI=1S/C16H17NO3S/c1-16(11-20-21(2,18)19)12-7-3-5-9-14(12)17-15-10-6-4-8-13(15)16/h3-10,17H,11H2,1-2H3. The van der Waals surface area contributed by atoms with Gasteiger partial charge in [-0.2, -0.15) is 8.42 Å². The van der Waals surface area contributed by atoms with Gasteiger partial charge in [0.05, 0.1) is 12.9 Å². The molecule has 2 aromatic rings. The second-order valence-electron chi connectivity index (χ2n) is 5.51. The molecular weight excluding hydrogens is 286 g/mol. The third-order valence-electron chi connectivity index (χ3n) is 3.87. The van der Waals surface area contributed by atoms with Crippen LogP contribution in [0, 0.1) is 0 Å². The summed E-state index contributed by atoms with van der Waals surface area (Å²) < 4.78 is 27.9. The summed E-state index contributed by atoms with van der Waals surface area (Å²) in [7, 11) is -3.49. The summed E-state index contributed by atoms with van der Waals surface area (Å²) in [5, 5.41) is 3.39. The molecule has 0 aliphatic carbocycles. The van der Waals surface area contributed by atoms with Gasteiger partial charge in [0, 0.05) is 16.8 Å². The van der Waals surface area contributed by atoms with E-state index in [1.807, 2.05) is 55.5 Å². The molecule has 0 bridgehead atoms. The maximum absolute atomic E-state index is 11.4. The SMILES string of the molecule is CC1(COS(C)(=O)=O)c2ccccc2Nc2ccccc21. The summed E-state index contributed by atoms with van der Waals surface area (Å²) in [6, 6.07) is 15.8. The van der Waals surface area contributed by atoms with Crippen LogP contribution in [0.2, 0.25) is 0 Å². The molecule has 110 valence electrons. The van der Waals surface area contributed by atoms with Crippen LogP contribution in [-0.4, -0.2) is 21.3 Å². The first-order chi connectivity index (χ1) is 9.90. The average molecular weight is 303 g/mol. The van der Waals surface area contributed by atoms with Gasteiger partial charge in [0.2, 0.25) is 0 Å². The van der Waals surface area contributed by atoms with E-state index in [9.17, 15) is 8.42 Å². The molecule has 3 rings (SSSR count). The molecule has 0 saturated carbocycles. The van der Waals surface area contributed by atoms with Crippen molar-refractivity contribution in [2.24, 2.45) is 0 Å². The molecule has 5 heteroatoms. The van der Waals surface area contributed by atoms with E-state index in [0.29, 0.717) is 0 Å². The van der Waals surface area contributed by atoms with E-state index in [1.54, 1.807) is 0 Å². The van der Waals surface area contributed by atoms with Crippen molar-refractivity contribution in [2.75, 3.05) is 18.2 Å². The fraction of sp³-hybridized carbons (Fsp3) is 0.250. The topological polar surface area (TPSA) is 55.4 Å². The molecule has 0 aromatic heterocycles. The van der Waals surface area contributed by atoms with Gasteiger partial charge in [-0.1, -0.05) is 36.4 Å². The van der Waals surface area contributed by atoms with Gasteiger partial charge < -0.3 is 5.32 Å². The lowest BCUT2D eigenvalue weighted by Gasteiger charge is -2.37. The van der Waals surface area contributed by atoms with Crippen molar-refractivity contribution in [2.45, 2.75) is 12.3 Å². The van der Waals surface area contributed by atoms with Crippen LogP contribution in [-0.2, 0) is 19.7 Å². The van der Waals surface area contributed by atoms with Crippen LogP contribution in [0.3, 0.4) is 0 Å². The van der Waals surface area contributed by atoms with Gasteiger partial charge in [-0.05, 0) is 30.2 Å². The number of para-hydroxylation sites is 2. The lowest BCUT2D eigenvalue weighted by Crippen LogP contribution is -2.35. The lowest BCUT2D eigenvalue weighted by atomic mass is 9.73. The summed E-state index contributed by atoms with van der Waals surface area (Å²) in [6.45, 7) is 2.10. The van der Waals surface area contributed by atoms with Crippen LogP contribution in [0.15, 0.2) is 48.5 Å². The van der Waals surface area contributed by atoms with E-state index in [4.69, 9.17) is 4.18 Å². The summed E-state index contributed by atoms with van der Waals surface area (Å²) in [6.07, 6.45) is 1.08. The molecule has 0 fully saturated rings. The van der Waals surface area contributed by atoms with E-state index in [0.717, 1.165) is 28.8 Å². The number of hydrogen-bond donors (Lipinski definition) is 1. The molecule has 1 N–H and O–H groups in total. The number of anilines is 2. The maximum atomic E-state index is 11.4. The third kappa shape index (κ3) is 2.54. The number of rotatable bonds is 3. The molecule has 1 heterocycles. The van der Waals surface area contributed by atoms with Crippen molar-refractivity contribution >= 4 is 21.5 Å². The van der Waals surface area contributed by atoms with Gasteiger partial charge in [0.15, 0.2) is 0 Å². The zero-order chi connectivity index (χ0) is 15.1. The van der Waals surface area contributed by atoms with Crippen molar-refractivity contribution in [3.05, 3.63) is 59.7 Å². The Morgan fingerprint density at radius 2 is 1.48 bits per heavy atom. The minimum Gasteiger partial charge on any atom is -0.355 e. The lowest BCUT2D eigenvalue weighted by molar-refractivity contribution is 0.261. The van der Waals surface area contributed by atoms with Crippen molar-refractivity contribution in [1.29, 1.82) is 0 Å². The highest BCUT2D eigenvalue weighted by Gasteiger charge is 2.37. The predicted molar refractivity (Wildman–Crippen MR) is 83.4 cm³/mol. The van der Waals surface area contributed by atoms with Crippen LogP contribution in [0.5, 0.6) is 0 Å². The number of hydrogen-bond acceptors (Lipinski definition) is 4. The molecule has 0 amide bonds. The van der Waals surface area contributed by atoms with E-state index in [2.05, 4.69) is 5.32 Å². The summed E-state index contributed by atoms with van der Waals surface area (Å²) in [5.41, 5.74) is 3.52. The van der Waals surface area contributed by atoms with Crippen LogP contribution in [0.25, 0.3) is 0 Å². The number of benzene rings is 2. The fourth-order valence-electron chi connectivity index (χ4n) is 2.82. The number of nitrogens with one attached hydrogen (secondary N) is 1. The Balaban J connectivity index is 2.14. The molecule has 21 heavy (non-hydrogen) atoms. The first kappa shape index (κ1) is 14.1. The summed E-state index contributed by atoms with van der Waals surface area (Å²) in [4.78, 5) is 0. The van der Waals surface area contributed by atoms with Crippen LogP contribution < -0.4 is 5.32 Å². The highest BCUT2D eigenvalue weighted by molar-refractivity contribution is 7.85. The minimum absolute atomic E-state index is 0.0849. The van der Waals surface area contributed by atoms with Crippen LogP contribution >= 0.6 is 0 Å². The van der Waals surface area contributed by atoms with Crippen molar-refractivity contribution < 1.29 is 12.6 Å². The Labute approximate surface area is 124 Å². The Kier molecular flexibility index (Phi) is 3.26. The van der Waals surface area contributed by atoms with Crippen molar-refractivity contribution in [3.8, 4) is 0 Å². The second kappa shape index (κ2) is 4.86. The highest BCUT2D eigenvalue weighted by atomic mass is 32.2. The minimum atomic E-state index is -3.49. The van der Waals surface area contributed by atoms with Gasteiger partial charge in [-0.15, -0.1) is 0 Å². The van der Waals surface area contributed by atoms with E-state index < -0.39 is 15.5 Å².